The molecule has 6 heteroatoms. The van der Waals surface area contributed by atoms with Crippen molar-refractivity contribution >= 4 is 8.25 Å². The van der Waals surface area contributed by atoms with Crippen molar-refractivity contribution in [2.75, 3.05) is 0 Å². The van der Waals surface area contributed by atoms with E-state index in [2.05, 4.69) is 62.4 Å². The van der Waals surface area contributed by atoms with Gasteiger partial charge in [-0.25, -0.2) is 0 Å². The van der Waals surface area contributed by atoms with Crippen LogP contribution in [0.25, 0.3) is 0 Å². The Balaban J connectivity index is 1.09. The van der Waals surface area contributed by atoms with Crippen LogP contribution in [0.4, 0.5) is 0 Å². The van der Waals surface area contributed by atoms with Crippen molar-refractivity contribution in [3.63, 3.8) is 0 Å². The van der Waals surface area contributed by atoms with Gasteiger partial charge in [0.2, 0.25) is 0 Å². The zero-order chi connectivity index (χ0) is 30.4. The third kappa shape index (κ3) is 8.41. The van der Waals surface area contributed by atoms with Gasteiger partial charge >= 0.3 is 8.25 Å². The van der Waals surface area contributed by atoms with Crippen molar-refractivity contribution in [2.45, 2.75) is 76.8 Å². The van der Waals surface area contributed by atoms with Gasteiger partial charge in [-0.1, -0.05) is 84.9 Å². The van der Waals surface area contributed by atoms with E-state index in [0.717, 1.165) is 59.4 Å². The average Bonchev–Trinajstić information content (AvgIpc) is 3.93. The highest BCUT2D eigenvalue weighted by atomic mass is 31.1. The Kier molecular flexibility index (Phi) is 9.56. The highest BCUT2D eigenvalue weighted by Crippen LogP contribution is 2.53. The predicted octanol–water partition coefficient (Wildman–Crippen LogP) is 9.39. The number of rotatable bonds is 16. The molecule has 2 unspecified atom stereocenters. The maximum Gasteiger partial charge on any atom is 0.320 e. The molecule has 0 radical (unpaired) electrons. The Labute approximate surface area is 262 Å². The van der Waals surface area contributed by atoms with E-state index in [-0.39, 0.29) is 0 Å². The van der Waals surface area contributed by atoms with Gasteiger partial charge in [0, 0.05) is 12.8 Å². The Morgan fingerprint density at radius 2 is 0.955 bits per heavy atom. The van der Waals surface area contributed by atoms with Gasteiger partial charge in [0.05, 0.1) is 11.2 Å². The molecule has 4 aromatic carbocycles. The van der Waals surface area contributed by atoms with E-state index in [1.54, 1.807) is 0 Å². The van der Waals surface area contributed by atoms with Gasteiger partial charge in [-0.15, -0.1) is 0 Å². The Hall–Kier alpha value is -3.37. The van der Waals surface area contributed by atoms with Gasteiger partial charge in [0.15, 0.2) is 0 Å². The molecule has 2 atom stereocenters. The van der Waals surface area contributed by atoms with Gasteiger partial charge in [0.1, 0.15) is 24.7 Å². The topological polar surface area (TPSA) is 54.0 Å². The van der Waals surface area contributed by atoms with Crippen LogP contribution in [0, 0.1) is 11.8 Å². The van der Waals surface area contributed by atoms with Gasteiger partial charge in [-0.3, -0.25) is 4.57 Å². The molecule has 6 rings (SSSR count). The van der Waals surface area contributed by atoms with Crippen molar-refractivity contribution in [1.29, 1.82) is 0 Å². The van der Waals surface area contributed by atoms with Crippen LogP contribution in [0.1, 0.15) is 61.8 Å². The quantitative estimate of drug-likeness (QED) is 0.118. The van der Waals surface area contributed by atoms with Gasteiger partial charge in [-0.2, -0.15) is 0 Å². The minimum Gasteiger partial charge on any atom is -0.489 e. The lowest BCUT2D eigenvalue weighted by atomic mass is 9.92. The molecule has 2 saturated carbocycles. The average molecular weight is 611 g/mol. The summed E-state index contributed by atoms with van der Waals surface area (Å²) in [6.07, 6.45) is 5.61. The normalized spacial score (nSPS) is 18.1. The summed E-state index contributed by atoms with van der Waals surface area (Å²) < 4.78 is 38.6. The molecule has 0 saturated heterocycles. The van der Waals surface area contributed by atoms with E-state index in [9.17, 15) is 4.57 Å². The van der Waals surface area contributed by atoms with Crippen LogP contribution in [0.2, 0.25) is 0 Å². The summed E-state index contributed by atoms with van der Waals surface area (Å²) in [6.45, 7) is 5.22. The van der Waals surface area contributed by atoms with Crippen molar-refractivity contribution in [3.05, 3.63) is 131 Å². The lowest BCUT2D eigenvalue weighted by Crippen LogP contribution is -2.35. The molecule has 0 aromatic heterocycles. The first-order chi connectivity index (χ1) is 21.4. The molecule has 44 heavy (non-hydrogen) atoms. The monoisotopic (exact) mass is 610 g/mol. The van der Waals surface area contributed by atoms with Crippen molar-refractivity contribution in [3.8, 4) is 11.5 Å². The summed E-state index contributed by atoms with van der Waals surface area (Å²) in [6, 6.07) is 36.7. The molecule has 0 amide bonds. The first-order valence-electron chi connectivity index (χ1n) is 15.8. The Morgan fingerprint density at radius 3 is 1.34 bits per heavy atom. The summed E-state index contributed by atoms with van der Waals surface area (Å²) in [5.41, 5.74) is 3.34. The van der Waals surface area contributed by atoms with E-state index in [1.165, 1.54) is 0 Å². The second kappa shape index (κ2) is 13.7. The molecule has 0 heterocycles. The predicted molar refractivity (Wildman–Crippen MR) is 175 cm³/mol. The Bertz CT molecular complexity index is 1420. The van der Waals surface area contributed by atoms with Crippen LogP contribution >= 0.6 is 8.25 Å². The molecule has 0 bridgehead atoms. The summed E-state index contributed by atoms with van der Waals surface area (Å²) in [4.78, 5) is 0. The molecule has 0 spiro atoms. The fraction of sp³-hybridized carbons (Fsp3) is 0.368. The molecule has 2 aliphatic carbocycles. The fourth-order valence-electron chi connectivity index (χ4n) is 6.10. The molecule has 230 valence electrons. The van der Waals surface area contributed by atoms with Gasteiger partial charge in [-0.05, 0) is 97.9 Å². The van der Waals surface area contributed by atoms with E-state index in [4.69, 9.17) is 18.5 Å². The third-order valence-electron chi connectivity index (χ3n) is 8.92. The standard InChI is InChI=1S/C38H43O5P/c1-37(33-19-20-33,25-31-15-9-17-35(23-31)40-27-29-11-5-3-6-12-29)42-44(39)43-38(2,34-21-22-34)26-32-16-10-18-36(24-32)41-28-30-13-7-4-8-14-30/h3-18,23-24,33-34,44H,19-22,25-28H2,1-2H3. The summed E-state index contributed by atoms with van der Waals surface area (Å²) >= 11 is 0. The highest BCUT2D eigenvalue weighted by Gasteiger charge is 2.47. The number of benzene rings is 4. The van der Waals surface area contributed by atoms with E-state index in [0.29, 0.717) is 37.9 Å². The van der Waals surface area contributed by atoms with Crippen LogP contribution in [-0.2, 0) is 39.7 Å². The lowest BCUT2D eigenvalue weighted by molar-refractivity contribution is 0.00733. The molecule has 2 aliphatic rings. The second-order valence-corrected chi connectivity index (χ2v) is 13.7. The van der Waals surface area contributed by atoms with E-state index < -0.39 is 19.5 Å². The first-order valence-corrected chi connectivity index (χ1v) is 17.0. The van der Waals surface area contributed by atoms with Crippen molar-refractivity contribution in [1.82, 2.24) is 0 Å². The molecule has 0 N–H and O–H groups in total. The van der Waals surface area contributed by atoms with E-state index in [1.807, 2.05) is 60.7 Å². The maximum absolute atomic E-state index is 13.7. The summed E-state index contributed by atoms with van der Waals surface area (Å²) in [5, 5.41) is 0. The largest absolute Gasteiger partial charge is 0.489 e. The van der Waals surface area contributed by atoms with Gasteiger partial charge < -0.3 is 18.5 Å². The molecule has 2 fully saturated rings. The zero-order valence-corrected chi connectivity index (χ0v) is 26.7. The number of hydrogen-bond acceptors (Lipinski definition) is 5. The van der Waals surface area contributed by atoms with Crippen LogP contribution in [0.15, 0.2) is 109 Å². The smallest absolute Gasteiger partial charge is 0.320 e. The molecule has 0 aliphatic heterocycles. The first kappa shape index (κ1) is 30.6. The highest BCUT2D eigenvalue weighted by molar-refractivity contribution is 7.33. The molecular weight excluding hydrogens is 567 g/mol. The molecule has 4 aromatic rings. The van der Waals surface area contributed by atoms with Crippen LogP contribution < -0.4 is 9.47 Å². The second-order valence-electron chi connectivity index (χ2n) is 12.8. The third-order valence-corrected chi connectivity index (χ3v) is 10.2. The minimum atomic E-state index is -2.77. The van der Waals surface area contributed by atoms with Crippen LogP contribution in [0.3, 0.4) is 0 Å². The number of hydrogen-bond donors (Lipinski definition) is 0. The maximum atomic E-state index is 13.7. The lowest BCUT2D eigenvalue weighted by Gasteiger charge is -2.34. The number of ether oxygens (including phenoxy) is 2. The SMILES string of the molecule is CC(Cc1cccc(OCc2ccccc2)c1)(O[PH](=O)OC(C)(Cc1cccc(OCc2ccccc2)c1)C1CC1)C1CC1. The molecular formula is C38H43O5P. The van der Waals surface area contributed by atoms with Crippen molar-refractivity contribution < 1.29 is 23.1 Å². The van der Waals surface area contributed by atoms with Crippen molar-refractivity contribution in [2.24, 2.45) is 11.8 Å². The minimum absolute atomic E-state index is 0.361. The fourth-order valence-corrected chi connectivity index (χ4v) is 7.38. The summed E-state index contributed by atoms with van der Waals surface area (Å²) in [5.74, 6) is 2.37. The summed E-state index contributed by atoms with van der Waals surface area (Å²) in [7, 11) is -2.77. The Morgan fingerprint density at radius 1 is 0.568 bits per heavy atom. The van der Waals surface area contributed by atoms with Crippen LogP contribution in [-0.4, -0.2) is 11.2 Å². The molecule has 5 nitrogen and oxygen atoms in total. The van der Waals surface area contributed by atoms with E-state index >= 15 is 0 Å². The zero-order valence-electron chi connectivity index (χ0n) is 25.7. The van der Waals surface area contributed by atoms with Crippen LogP contribution in [0.5, 0.6) is 11.5 Å². The van der Waals surface area contributed by atoms with Gasteiger partial charge in [0.25, 0.3) is 0 Å².